The Morgan fingerprint density at radius 1 is 1.41 bits per heavy atom. The Kier molecular flexibility index (Phi) is 5.45. The van der Waals surface area contributed by atoms with E-state index in [0.717, 1.165) is 51.4 Å². The Labute approximate surface area is 131 Å². The lowest BCUT2D eigenvalue weighted by Gasteiger charge is -2.22. The van der Waals surface area contributed by atoms with Gasteiger partial charge in [0.05, 0.1) is 5.69 Å². The summed E-state index contributed by atoms with van der Waals surface area (Å²) in [6, 6.07) is 2.05. The summed E-state index contributed by atoms with van der Waals surface area (Å²) in [7, 11) is 0. The Morgan fingerprint density at radius 3 is 3.05 bits per heavy atom. The van der Waals surface area contributed by atoms with Crippen molar-refractivity contribution >= 4 is 5.91 Å². The first-order valence-corrected chi connectivity index (χ1v) is 8.40. The smallest absolute Gasteiger partial charge is 0.241 e. The van der Waals surface area contributed by atoms with Gasteiger partial charge in [-0.05, 0) is 44.2 Å². The molecule has 122 valence electrons. The number of nitrogens with one attached hydrogen (secondary N) is 2. The van der Waals surface area contributed by atoms with Gasteiger partial charge in [-0.2, -0.15) is 5.10 Å². The number of piperidine rings is 1. The van der Waals surface area contributed by atoms with E-state index in [1.165, 1.54) is 12.8 Å². The highest BCUT2D eigenvalue weighted by atomic mass is 16.5. The molecule has 0 bridgehead atoms. The fourth-order valence-corrected chi connectivity index (χ4v) is 3.20. The minimum Gasteiger partial charge on any atom is -0.381 e. The molecule has 0 aromatic carbocycles. The van der Waals surface area contributed by atoms with Gasteiger partial charge in [-0.25, -0.2) is 0 Å². The molecule has 1 amide bonds. The van der Waals surface area contributed by atoms with Crippen LogP contribution in [0.1, 0.15) is 37.3 Å². The summed E-state index contributed by atoms with van der Waals surface area (Å²) in [5.74, 6) is 1.09. The van der Waals surface area contributed by atoms with Crippen molar-refractivity contribution < 1.29 is 9.53 Å². The zero-order chi connectivity index (χ0) is 15.2. The lowest BCUT2D eigenvalue weighted by molar-refractivity contribution is -0.122. The molecule has 1 aromatic rings. The molecule has 0 aliphatic carbocycles. The molecule has 6 nitrogen and oxygen atoms in total. The molecule has 1 aromatic heterocycles. The summed E-state index contributed by atoms with van der Waals surface area (Å²) in [5.41, 5.74) is 1.10. The SMILES string of the molecule is O=C(Cn1ccc([C@@H]2CCCNC2)n1)NCC1CCOCC1. The first kappa shape index (κ1) is 15.5. The van der Waals surface area contributed by atoms with Crippen molar-refractivity contribution in [2.75, 3.05) is 32.8 Å². The Balaban J connectivity index is 1.43. The largest absolute Gasteiger partial charge is 0.381 e. The lowest BCUT2D eigenvalue weighted by Crippen LogP contribution is -2.34. The number of hydrogen-bond acceptors (Lipinski definition) is 4. The highest BCUT2D eigenvalue weighted by Gasteiger charge is 2.18. The van der Waals surface area contributed by atoms with Gasteiger partial charge in [0.25, 0.3) is 0 Å². The molecule has 0 radical (unpaired) electrons. The molecular weight excluding hydrogens is 280 g/mol. The predicted octanol–water partition coefficient (Wildman–Crippen LogP) is 0.893. The summed E-state index contributed by atoms with van der Waals surface area (Å²) in [4.78, 5) is 12.0. The molecule has 3 heterocycles. The van der Waals surface area contributed by atoms with Gasteiger partial charge in [0.1, 0.15) is 6.54 Å². The zero-order valence-electron chi connectivity index (χ0n) is 13.1. The molecule has 22 heavy (non-hydrogen) atoms. The number of amides is 1. The van der Waals surface area contributed by atoms with Crippen LogP contribution < -0.4 is 10.6 Å². The lowest BCUT2D eigenvalue weighted by atomic mass is 9.97. The number of ether oxygens (including phenoxy) is 1. The highest BCUT2D eigenvalue weighted by Crippen LogP contribution is 2.21. The van der Waals surface area contributed by atoms with E-state index < -0.39 is 0 Å². The molecule has 1 atom stereocenters. The van der Waals surface area contributed by atoms with Crippen LogP contribution in [0.15, 0.2) is 12.3 Å². The summed E-state index contributed by atoms with van der Waals surface area (Å²) < 4.78 is 7.08. The van der Waals surface area contributed by atoms with Crippen LogP contribution in [0.5, 0.6) is 0 Å². The third-order valence-electron chi connectivity index (χ3n) is 4.61. The highest BCUT2D eigenvalue weighted by molar-refractivity contribution is 5.75. The predicted molar refractivity (Wildman–Crippen MR) is 83.6 cm³/mol. The second-order valence-corrected chi connectivity index (χ2v) is 6.34. The van der Waals surface area contributed by atoms with Gasteiger partial charge in [0.15, 0.2) is 0 Å². The third-order valence-corrected chi connectivity index (χ3v) is 4.61. The van der Waals surface area contributed by atoms with E-state index in [2.05, 4.69) is 15.7 Å². The van der Waals surface area contributed by atoms with Crippen LogP contribution in [0.4, 0.5) is 0 Å². The van der Waals surface area contributed by atoms with Gasteiger partial charge in [-0.3, -0.25) is 9.48 Å². The van der Waals surface area contributed by atoms with Crippen LogP contribution in [0.3, 0.4) is 0 Å². The van der Waals surface area contributed by atoms with Crippen LogP contribution in [0.2, 0.25) is 0 Å². The van der Waals surface area contributed by atoms with Crippen molar-refractivity contribution in [3.8, 4) is 0 Å². The first-order valence-electron chi connectivity index (χ1n) is 8.40. The van der Waals surface area contributed by atoms with Gasteiger partial charge in [0, 0.05) is 38.4 Å². The molecule has 3 rings (SSSR count). The molecule has 0 saturated carbocycles. The minimum atomic E-state index is 0.0444. The Morgan fingerprint density at radius 2 is 2.27 bits per heavy atom. The number of aromatic nitrogens is 2. The Hall–Kier alpha value is -1.40. The molecule has 2 fully saturated rings. The molecule has 2 N–H and O–H groups in total. The average Bonchev–Trinajstić information content (AvgIpc) is 3.03. The van der Waals surface area contributed by atoms with Crippen molar-refractivity contribution in [2.24, 2.45) is 5.92 Å². The monoisotopic (exact) mass is 306 g/mol. The molecule has 0 spiro atoms. The number of carbonyl (C=O) groups is 1. The van der Waals surface area contributed by atoms with Gasteiger partial charge < -0.3 is 15.4 Å². The standard InChI is InChI=1S/C16H26N4O2/c21-16(18-10-13-4-8-22-9-5-13)12-20-7-3-15(19-20)14-2-1-6-17-11-14/h3,7,13-14,17H,1-2,4-6,8-12H2,(H,18,21)/t14-/m1/s1. The maximum Gasteiger partial charge on any atom is 0.241 e. The summed E-state index contributed by atoms with van der Waals surface area (Å²) >= 11 is 0. The van der Waals surface area contributed by atoms with Crippen LogP contribution in [-0.2, 0) is 16.1 Å². The van der Waals surface area contributed by atoms with Gasteiger partial charge in [-0.1, -0.05) is 0 Å². The van der Waals surface area contributed by atoms with Gasteiger partial charge in [-0.15, -0.1) is 0 Å². The number of nitrogens with zero attached hydrogens (tertiary/aromatic N) is 2. The number of rotatable bonds is 5. The van der Waals surface area contributed by atoms with Crippen molar-refractivity contribution in [1.29, 1.82) is 0 Å². The number of carbonyl (C=O) groups excluding carboxylic acids is 1. The first-order chi connectivity index (χ1) is 10.8. The fraction of sp³-hybridized carbons (Fsp3) is 0.750. The second kappa shape index (κ2) is 7.74. The topological polar surface area (TPSA) is 68.2 Å². The van der Waals surface area contributed by atoms with Crippen LogP contribution in [-0.4, -0.2) is 48.5 Å². The Bertz CT molecular complexity index is 476. The van der Waals surface area contributed by atoms with Crippen molar-refractivity contribution in [2.45, 2.75) is 38.1 Å². The van der Waals surface area contributed by atoms with Crippen LogP contribution in [0, 0.1) is 5.92 Å². The summed E-state index contributed by atoms with van der Waals surface area (Å²) in [5, 5.41) is 11.0. The molecule has 6 heteroatoms. The normalized spacial score (nSPS) is 23.4. The zero-order valence-corrected chi connectivity index (χ0v) is 13.1. The molecule has 2 saturated heterocycles. The third kappa shape index (κ3) is 4.30. The van der Waals surface area contributed by atoms with E-state index >= 15 is 0 Å². The van der Waals surface area contributed by atoms with E-state index in [1.54, 1.807) is 4.68 Å². The van der Waals surface area contributed by atoms with Crippen molar-refractivity contribution in [3.63, 3.8) is 0 Å². The quantitative estimate of drug-likeness (QED) is 0.848. The van der Waals surface area contributed by atoms with Crippen molar-refractivity contribution in [3.05, 3.63) is 18.0 Å². The maximum atomic E-state index is 12.0. The van der Waals surface area contributed by atoms with E-state index in [0.29, 0.717) is 18.4 Å². The summed E-state index contributed by atoms with van der Waals surface area (Å²) in [6.07, 6.45) is 6.38. The van der Waals surface area contributed by atoms with E-state index in [1.807, 2.05) is 12.3 Å². The maximum absolute atomic E-state index is 12.0. The van der Waals surface area contributed by atoms with E-state index in [-0.39, 0.29) is 5.91 Å². The van der Waals surface area contributed by atoms with Crippen LogP contribution >= 0.6 is 0 Å². The fourth-order valence-electron chi connectivity index (χ4n) is 3.20. The molecule has 2 aliphatic rings. The van der Waals surface area contributed by atoms with E-state index in [9.17, 15) is 4.79 Å². The van der Waals surface area contributed by atoms with Crippen LogP contribution in [0.25, 0.3) is 0 Å². The molecular formula is C16H26N4O2. The second-order valence-electron chi connectivity index (χ2n) is 6.34. The van der Waals surface area contributed by atoms with E-state index in [4.69, 9.17) is 4.74 Å². The number of hydrogen-bond donors (Lipinski definition) is 2. The van der Waals surface area contributed by atoms with Gasteiger partial charge >= 0.3 is 0 Å². The van der Waals surface area contributed by atoms with Gasteiger partial charge in [0.2, 0.25) is 5.91 Å². The van der Waals surface area contributed by atoms with Crippen molar-refractivity contribution in [1.82, 2.24) is 20.4 Å². The minimum absolute atomic E-state index is 0.0444. The molecule has 2 aliphatic heterocycles. The average molecular weight is 306 g/mol. The summed E-state index contributed by atoms with van der Waals surface area (Å²) in [6.45, 7) is 4.79. The molecule has 0 unspecified atom stereocenters.